The van der Waals surface area contributed by atoms with Crippen molar-refractivity contribution in [2.24, 2.45) is 5.73 Å². The SMILES string of the molecule is CC(N)C(c1cc(Br)cs1)N1CC(O)C(O)C1. The molecular weight excluding hydrogens is 304 g/mol. The number of nitrogens with two attached hydrogens (primary N) is 1. The molecule has 0 aliphatic carbocycles. The van der Waals surface area contributed by atoms with E-state index < -0.39 is 12.2 Å². The highest BCUT2D eigenvalue weighted by atomic mass is 79.9. The number of nitrogens with zero attached hydrogens (tertiary/aromatic N) is 1. The van der Waals surface area contributed by atoms with Crippen LogP contribution in [0.4, 0.5) is 0 Å². The monoisotopic (exact) mass is 320 g/mol. The van der Waals surface area contributed by atoms with Gasteiger partial charge in [-0.3, -0.25) is 4.90 Å². The van der Waals surface area contributed by atoms with E-state index >= 15 is 0 Å². The fourth-order valence-electron chi connectivity index (χ4n) is 2.28. The van der Waals surface area contributed by atoms with E-state index in [1.165, 1.54) is 0 Å². The lowest BCUT2D eigenvalue weighted by molar-refractivity contribution is 0.0572. The van der Waals surface area contributed by atoms with Gasteiger partial charge in [-0.25, -0.2) is 0 Å². The van der Waals surface area contributed by atoms with Crippen LogP contribution in [0.25, 0.3) is 0 Å². The van der Waals surface area contributed by atoms with E-state index in [9.17, 15) is 10.2 Å². The number of rotatable bonds is 3. The maximum atomic E-state index is 9.61. The molecule has 1 aromatic heterocycles. The van der Waals surface area contributed by atoms with Crippen molar-refractivity contribution in [1.82, 2.24) is 4.90 Å². The minimum atomic E-state index is -0.667. The molecule has 6 heteroatoms. The number of β-amino-alcohol motifs (C(OH)–C–C–N with tert-alkyl or cyclic N) is 2. The largest absolute Gasteiger partial charge is 0.389 e. The van der Waals surface area contributed by atoms with Crippen LogP contribution in [0.2, 0.25) is 0 Å². The smallest absolute Gasteiger partial charge is 0.0938 e. The Kier molecular flexibility index (Phi) is 4.22. The van der Waals surface area contributed by atoms with Gasteiger partial charge in [-0.15, -0.1) is 11.3 Å². The Morgan fingerprint density at radius 3 is 2.47 bits per heavy atom. The van der Waals surface area contributed by atoms with Crippen LogP contribution in [0.5, 0.6) is 0 Å². The minimum Gasteiger partial charge on any atom is -0.389 e. The van der Waals surface area contributed by atoms with Gasteiger partial charge < -0.3 is 15.9 Å². The van der Waals surface area contributed by atoms with E-state index in [-0.39, 0.29) is 12.1 Å². The van der Waals surface area contributed by atoms with Crippen molar-refractivity contribution >= 4 is 27.3 Å². The Balaban J connectivity index is 2.19. The molecule has 4 atom stereocenters. The van der Waals surface area contributed by atoms with E-state index in [0.29, 0.717) is 13.1 Å². The van der Waals surface area contributed by atoms with Gasteiger partial charge in [0.15, 0.2) is 0 Å². The van der Waals surface area contributed by atoms with E-state index in [0.717, 1.165) is 9.35 Å². The zero-order valence-electron chi connectivity index (χ0n) is 9.58. The zero-order chi connectivity index (χ0) is 12.6. The zero-order valence-corrected chi connectivity index (χ0v) is 12.0. The van der Waals surface area contributed by atoms with Crippen molar-refractivity contribution in [3.8, 4) is 0 Å². The quantitative estimate of drug-likeness (QED) is 0.775. The molecule has 17 heavy (non-hydrogen) atoms. The summed E-state index contributed by atoms with van der Waals surface area (Å²) in [7, 11) is 0. The molecule has 1 fully saturated rings. The van der Waals surface area contributed by atoms with E-state index in [1.54, 1.807) is 11.3 Å². The molecule has 4 nitrogen and oxygen atoms in total. The second-order valence-corrected chi connectivity index (χ2v) is 6.42. The molecule has 0 aromatic carbocycles. The van der Waals surface area contributed by atoms with Gasteiger partial charge >= 0.3 is 0 Å². The highest BCUT2D eigenvalue weighted by Crippen LogP contribution is 2.33. The molecule has 0 spiro atoms. The second kappa shape index (κ2) is 5.34. The molecule has 4 N–H and O–H groups in total. The first-order chi connectivity index (χ1) is 7.99. The average Bonchev–Trinajstić information content (AvgIpc) is 2.76. The van der Waals surface area contributed by atoms with Gasteiger partial charge in [-0.2, -0.15) is 0 Å². The number of aliphatic hydroxyl groups excluding tert-OH is 2. The van der Waals surface area contributed by atoms with Crippen molar-refractivity contribution in [2.75, 3.05) is 13.1 Å². The van der Waals surface area contributed by atoms with Crippen molar-refractivity contribution in [3.05, 3.63) is 20.8 Å². The van der Waals surface area contributed by atoms with Gasteiger partial charge in [-0.05, 0) is 28.9 Å². The predicted octanol–water partition coefficient (Wildman–Crippen LogP) is 0.936. The lowest BCUT2D eigenvalue weighted by Crippen LogP contribution is -2.38. The molecule has 1 aliphatic heterocycles. The lowest BCUT2D eigenvalue weighted by atomic mass is 10.1. The molecule has 1 saturated heterocycles. The van der Waals surface area contributed by atoms with Crippen LogP contribution in [-0.2, 0) is 0 Å². The van der Waals surface area contributed by atoms with E-state index in [2.05, 4.69) is 26.9 Å². The minimum absolute atomic E-state index is 0.0435. The summed E-state index contributed by atoms with van der Waals surface area (Å²) in [5, 5.41) is 21.2. The third kappa shape index (κ3) is 2.89. The van der Waals surface area contributed by atoms with Crippen LogP contribution in [0, 0.1) is 0 Å². The standard InChI is InChI=1S/C11H17BrN2O2S/c1-6(13)11(10-2-7(12)5-17-10)14-3-8(15)9(16)4-14/h2,5-6,8-9,11,15-16H,3-4,13H2,1H3. The molecule has 96 valence electrons. The lowest BCUT2D eigenvalue weighted by Gasteiger charge is -2.29. The van der Waals surface area contributed by atoms with Crippen LogP contribution in [-0.4, -0.2) is 46.5 Å². The Labute approximate surface area is 113 Å². The molecule has 2 rings (SSSR count). The fourth-order valence-corrected chi connectivity index (χ4v) is 3.97. The molecule has 2 heterocycles. The number of thiophene rings is 1. The van der Waals surface area contributed by atoms with Gasteiger partial charge in [0.05, 0.1) is 18.2 Å². The van der Waals surface area contributed by atoms with Gasteiger partial charge in [0.25, 0.3) is 0 Å². The number of hydrogen-bond donors (Lipinski definition) is 3. The number of aliphatic hydroxyl groups is 2. The van der Waals surface area contributed by atoms with Crippen LogP contribution in [0.1, 0.15) is 17.8 Å². The Morgan fingerprint density at radius 1 is 1.47 bits per heavy atom. The maximum Gasteiger partial charge on any atom is 0.0938 e. The Bertz CT molecular complexity index is 375. The molecule has 0 bridgehead atoms. The fraction of sp³-hybridized carbons (Fsp3) is 0.636. The third-order valence-corrected chi connectivity index (χ3v) is 4.82. The van der Waals surface area contributed by atoms with Gasteiger partial charge in [-0.1, -0.05) is 0 Å². The summed E-state index contributed by atoms with van der Waals surface area (Å²) in [6.07, 6.45) is -1.33. The molecule has 0 amide bonds. The normalized spacial score (nSPS) is 29.5. The van der Waals surface area contributed by atoms with E-state index in [1.807, 2.05) is 12.3 Å². The summed E-state index contributed by atoms with van der Waals surface area (Å²) >= 11 is 5.08. The summed E-state index contributed by atoms with van der Waals surface area (Å²) in [6.45, 7) is 2.90. The first-order valence-corrected chi connectivity index (χ1v) is 7.26. The van der Waals surface area contributed by atoms with E-state index in [4.69, 9.17) is 5.73 Å². The third-order valence-electron chi connectivity index (χ3n) is 3.06. The maximum absolute atomic E-state index is 9.61. The molecule has 0 radical (unpaired) electrons. The van der Waals surface area contributed by atoms with Crippen molar-refractivity contribution in [3.63, 3.8) is 0 Å². The molecule has 0 saturated carbocycles. The second-order valence-electron chi connectivity index (χ2n) is 4.56. The van der Waals surface area contributed by atoms with Gasteiger partial charge in [0.1, 0.15) is 0 Å². The van der Waals surface area contributed by atoms with Crippen molar-refractivity contribution in [2.45, 2.75) is 31.2 Å². The highest BCUT2D eigenvalue weighted by molar-refractivity contribution is 9.10. The van der Waals surface area contributed by atoms with Crippen LogP contribution >= 0.6 is 27.3 Å². The van der Waals surface area contributed by atoms with Crippen LogP contribution in [0.15, 0.2) is 15.9 Å². The van der Waals surface area contributed by atoms with Crippen molar-refractivity contribution in [1.29, 1.82) is 0 Å². The average molecular weight is 321 g/mol. The summed E-state index contributed by atoms with van der Waals surface area (Å²) in [5.74, 6) is 0. The van der Waals surface area contributed by atoms with Crippen molar-refractivity contribution < 1.29 is 10.2 Å². The Morgan fingerprint density at radius 2 is 2.06 bits per heavy atom. The Hall–Kier alpha value is 0.0200. The molecule has 1 aliphatic rings. The first-order valence-electron chi connectivity index (χ1n) is 5.58. The van der Waals surface area contributed by atoms with Gasteiger partial charge in [0.2, 0.25) is 0 Å². The summed E-state index contributed by atoms with van der Waals surface area (Å²) in [5.41, 5.74) is 6.04. The van der Waals surface area contributed by atoms with Crippen LogP contribution < -0.4 is 5.73 Å². The summed E-state index contributed by atoms with van der Waals surface area (Å²) in [4.78, 5) is 3.21. The summed E-state index contributed by atoms with van der Waals surface area (Å²) < 4.78 is 1.04. The highest BCUT2D eigenvalue weighted by Gasteiger charge is 2.36. The number of hydrogen-bond acceptors (Lipinski definition) is 5. The molecule has 1 aromatic rings. The molecular formula is C11H17BrN2O2S. The summed E-state index contributed by atoms with van der Waals surface area (Å²) in [6, 6.07) is 2.06. The topological polar surface area (TPSA) is 69.7 Å². The number of likely N-dealkylation sites (tertiary alicyclic amines) is 1. The van der Waals surface area contributed by atoms with Gasteiger partial charge in [0, 0.05) is 33.9 Å². The first kappa shape index (κ1) is 13.5. The molecule has 4 unspecified atom stereocenters. The predicted molar refractivity (Wildman–Crippen MR) is 72.0 cm³/mol. The van der Waals surface area contributed by atoms with Crippen LogP contribution in [0.3, 0.4) is 0 Å². The number of halogens is 1.